The first-order valence-corrected chi connectivity index (χ1v) is 5.19. The fraction of sp³-hybridized carbons (Fsp3) is 0.400. The van der Waals surface area contributed by atoms with Crippen molar-refractivity contribution in [1.29, 1.82) is 0 Å². The molecule has 0 aliphatic rings. The fourth-order valence-electron chi connectivity index (χ4n) is 0.880. The average Bonchev–Trinajstić information content (AvgIpc) is 2.16. The highest BCUT2D eigenvalue weighted by Crippen LogP contribution is 2.18. The molecular formula is C10H14O2S. The lowest BCUT2D eigenvalue weighted by Gasteiger charge is -2.06. The first-order valence-electron chi connectivity index (χ1n) is 4.21. The Kier molecular flexibility index (Phi) is 4.28. The maximum atomic E-state index is 9.10. The Balaban J connectivity index is 2.41. The lowest BCUT2D eigenvalue weighted by Crippen LogP contribution is -2.14. The van der Waals surface area contributed by atoms with Crippen molar-refractivity contribution in [2.45, 2.75) is 17.9 Å². The van der Waals surface area contributed by atoms with Crippen LogP contribution in [0.15, 0.2) is 29.2 Å². The normalized spacial score (nSPS) is 12.8. The van der Waals surface area contributed by atoms with E-state index >= 15 is 0 Å². The second-order valence-corrected chi connectivity index (χ2v) is 4.05. The highest BCUT2D eigenvalue weighted by molar-refractivity contribution is 7.99. The Morgan fingerprint density at radius 3 is 2.46 bits per heavy atom. The summed E-state index contributed by atoms with van der Waals surface area (Å²) in [5.41, 5.74) is 1.23. The number of aryl methyl sites for hydroxylation is 1. The van der Waals surface area contributed by atoms with Gasteiger partial charge in [0.25, 0.3) is 0 Å². The van der Waals surface area contributed by atoms with Gasteiger partial charge in [-0.3, -0.25) is 0 Å². The zero-order valence-electron chi connectivity index (χ0n) is 7.60. The van der Waals surface area contributed by atoms with Crippen molar-refractivity contribution in [2.75, 3.05) is 12.4 Å². The van der Waals surface area contributed by atoms with E-state index in [1.54, 1.807) is 11.8 Å². The topological polar surface area (TPSA) is 40.5 Å². The van der Waals surface area contributed by atoms with E-state index in [4.69, 9.17) is 10.2 Å². The van der Waals surface area contributed by atoms with Gasteiger partial charge < -0.3 is 10.2 Å². The maximum absolute atomic E-state index is 9.10. The van der Waals surface area contributed by atoms with E-state index in [-0.39, 0.29) is 6.61 Å². The average molecular weight is 198 g/mol. The predicted molar refractivity (Wildman–Crippen MR) is 55.0 cm³/mol. The molecule has 1 unspecified atom stereocenters. The van der Waals surface area contributed by atoms with Crippen molar-refractivity contribution in [3.05, 3.63) is 29.8 Å². The van der Waals surface area contributed by atoms with Gasteiger partial charge in [-0.2, -0.15) is 0 Å². The van der Waals surface area contributed by atoms with Crippen LogP contribution in [-0.4, -0.2) is 28.7 Å². The zero-order chi connectivity index (χ0) is 9.68. The molecule has 0 bridgehead atoms. The highest BCUT2D eigenvalue weighted by Gasteiger charge is 2.02. The van der Waals surface area contributed by atoms with Crippen LogP contribution in [0.3, 0.4) is 0 Å². The summed E-state index contributed by atoms with van der Waals surface area (Å²) < 4.78 is 0. The van der Waals surface area contributed by atoms with Crippen LogP contribution in [0.2, 0.25) is 0 Å². The first kappa shape index (κ1) is 10.6. The van der Waals surface area contributed by atoms with Gasteiger partial charge in [-0.05, 0) is 19.1 Å². The van der Waals surface area contributed by atoms with Gasteiger partial charge in [-0.15, -0.1) is 11.8 Å². The third-order valence-corrected chi connectivity index (χ3v) is 2.83. The van der Waals surface area contributed by atoms with E-state index < -0.39 is 6.10 Å². The summed E-state index contributed by atoms with van der Waals surface area (Å²) in [6, 6.07) is 8.11. The monoisotopic (exact) mass is 198 g/mol. The maximum Gasteiger partial charge on any atom is 0.0864 e. The van der Waals surface area contributed by atoms with E-state index in [9.17, 15) is 0 Å². The van der Waals surface area contributed by atoms with E-state index in [0.29, 0.717) is 5.75 Å². The molecule has 0 aromatic heterocycles. The predicted octanol–water partition coefficient (Wildman–Crippen LogP) is 1.44. The molecule has 0 amide bonds. The fourth-order valence-corrected chi connectivity index (χ4v) is 1.70. The van der Waals surface area contributed by atoms with Gasteiger partial charge in [0.05, 0.1) is 12.7 Å². The number of hydrogen-bond donors (Lipinski definition) is 2. The van der Waals surface area contributed by atoms with E-state index in [2.05, 4.69) is 0 Å². The molecule has 0 spiro atoms. The molecule has 0 radical (unpaired) electrons. The quantitative estimate of drug-likeness (QED) is 0.719. The van der Waals surface area contributed by atoms with Crippen LogP contribution in [-0.2, 0) is 0 Å². The Morgan fingerprint density at radius 1 is 1.31 bits per heavy atom. The molecular weight excluding hydrogens is 184 g/mol. The molecule has 13 heavy (non-hydrogen) atoms. The van der Waals surface area contributed by atoms with Crippen LogP contribution in [0.1, 0.15) is 5.56 Å². The van der Waals surface area contributed by atoms with Gasteiger partial charge in [0.1, 0.15) is 0 Å². The van der Waals surface area contributed by atoms with E-state index in [0.717, 1.165) is 4.90 Å². The number of thioether (sulfide) groups is 1. The summed E-state index contributed by atoms with van der Waals surface area (Å²) in [7, 11) is 0. The molecule has 72 valence electrons. The third kappa shape index (κ3) is 3.81. The van der Waals surface area contributed by atoms with E-state index in [1.807, 2.05) is 31.2 Å². The smallest absolute Gasteiger partial charge is 0.0864 e. The minimum absolute atomic E-state index is 0.168. The molecule has 2 nitrogen and oxygen atoms in total. The molecule has 0 saturated carbocycles. The van der Waals surface area contributed by atoms with Gasteiger partial charge in [-0.25, -0.2) is 0 Å². The summed E-state index contributed by atoms with van der Waals surface area (Å²) >= 11 is 1.55. The van der Waals surface area contributed by atoms with Crippen molar-refractivity contribution >= 4 is 11.8 Å². The van der Waals surface area contributed by atoms with Crippen molar-refractivity contribution in [1.82, 2.24) is 0 Å². The first-order chi connectivity index (χ1) is 6.22. The van der Waals surface area contributed by atoms with Crippen LogP contribution < -0.4 is 0 Å². The molecule has 3 heteroatoms. The highest BCUT2D eigenvalue weighted by atomic mass is 32.2. The van der Waals surface area contributed by atoms with Crippen LogP contribution in [0, 0.1) is 6.92 Å². The molecule has 1 aromatic carbocycles. The van der Waals surface area contributed by atoms with Crippen molar-refractivity contribution in [3.63, 3.8) is 0 Å². The Morgan fingerprint density at radius 2 is 1.92 bits per heavy atom. The summed E-state index contributed by atoms with van der Waals surface area (Å²) in [6.07, 6.45) is -0.619. The number of rotatable bonds is 4. The van der Waals surface area contributed by atoms with Crippen LogP contribution in [0.5, 0.6) is 0 Å². The van der Waals surface area contributed by atoms with Gasteiger partial charge >= 0.3 is 0 Å². The number of hydrogen-bond acceptors (Lipinski definition) is 3. The summed E-state index contributed by atoms with van der Waals surface area (Å²) in [4.78, 5) is 1.12. The van der Waals surface area contributed by atoms with E-state index in [1.165, 1.54) is 5.56 Å². The second-order valence-electron chi connectivity index (χ2n) is 2.96. The molecule has 0 aliphatic carbocycles. The van der Waals surface area contributed by atoms with Crippen LogP contribution >= 0.6 is 11.8 Å². The van der Waals surface area contributed by atoms with Gasteiger partial charge in [0.2, 0.25) is 0 Å². The Bertz CT molecular complexity index is 246. The molecule has 0 heterocycles. The SMILES string of the molecule is Cc1ccc(SCC(O)CO)cc1. The summed E-state index contributed by atoms with van der Waals surface area (Å²) in [5, 5.41) is 17.7. The number of aliphatic hydroxyl groups excluding tert-OH is 2. The summed E-state index contributed by atoms with van der Waals surface area (Å²) in [6.45, 7) is 1.87. The Labute approximate surface area is 82.6 Å². The van der Waals surface area contributed by atoms with Gasteiger partial charge in [-0.1, -0.05) is 17.7 Å². The Hall–Kier alpha value is -0.510. The number of aliphatic hydroxyl groups is 2. The minimum atomic E-state index is -0.619. The standard InChI is InChI=1S/C10H14O2S/c1-8-2-4-10(5-3-8)13-7-9(12)6-11/h2-5,9,11-12H,6-7H2,1H3. The lowest BCUT2D eigenvalue weighted by atomic mass is 10.2. The molecule has 2 N–H and O–H groups in total. The molecule has 1 rings (SSSR count). The lowest BCUT2D eigenvalue weighted by molar-refractivity contribution is 0.113. The molecule has 0 fully saturated rings. The molecule has 0 saturated heterocycles. The van der Waals surface area contributed by atoms with Gasteiger partial charge in [0.15, 0.2) is 0 Å². The largest absolute Gasteiger partial charge is 0.394 e. The summed E-state index contributed by atoms with van der Waals surface area (Å²) in [5.74, 6) is 0.541. The minimum Gasteiger partial charge on any atom is -0.394 e. The van der Waals surface area contributed by atoms with Crippen molar-refractivity contribution in [3.8, 4) is 0 Å². The zero-order valence-corrected chi connectivity index (χ0v) is 8.42. The molecule has 1 atom stereocenters. The van der Waals surface area contributed by atoms with Crippen LogP contribution in [0.4, 0.5) is 0 Å². The third-order valence-electron chi connectivity index (χ3n) is 1.67. The number of benzene rings is 1. The molecule has 1 aromatic rings. The van der Waals surface area contributed by atoms with Crippen molar-refractivity contribution in [2.24, 2.45) is 0 Å². The molecule has 0 aliphatic heterocycles. The second kappa shape index (κ2) is 5.27. The van der Waals surface area contributed by atoms with Crippen molar-refractivity contribution < 1.29 is 10.2 Å². The van der Waals surface area contributed by atoms with Crippen LogP contribution in [0.25, 0.3) is 0 Å². The van der Waals surface area contributed by atoms with Gasteiger partial charge in [0, 0.05) is 10.6 Å².